The Balaban J connectivity index is 2.61. The van der Waals surface area contributed by atoms with E-state index >= 15 is 0 Å². The molecule has 1 rings (SSSR count). The molecule has 0 fully saturated rings. The van der Waals surface area contributed by atoms with E-state index in [0.29, 0.717) is 0 Å². The summed E-state index contributed by atoms with van der Waals surface area (Å²) in [6.07, 6.45) is 1.14. The Kier molecular flexibility index (Phi) is 4.06. The van der Waals surface area contributed by atoms with Crippen LogP contribution in [-0.2, 0) is 9.84 Å². The molecule has 0 saturated carbocycles. The fourth-order valence-electron chi connectivity index (χ4n) is 0.761. The highest BCUT2D eigenvalue weighted by Gasteiger charge is 2.07. The number of anilines is 1. The van der Waals surface area contributed by atoms with Crippen molar-refractivity contribution in [3.8, 4) is 0 Å². The van der Waals surface area contributed by atoms with E-state index in [2.05, 4.69) is 20.5 Å². The van der Waals surface area contributed by atoms with Crippen LogP contribution in [0.5, 0.6) is 0 Å². The van der Waals surface area contributed by atoms with Gasteiger partial charge < -0.3 is 5.32 Å². The third-order valence-electron chi connectivity index (χ3n) is 1.39. The van der Waals surface area contributed by atoms with Crippen LogP contribution in [0.25, 0.3) is 0 Å². The van der Waals surface area contributed by atoms with Crippen molar-refractivity contribution in [2.24, 2.45) is 0 Å². The molecule has 0 aliphatic rings. The van der Waals surface area contributed by atoms with Gasteiger partial charge in [0.05, 0.1) is 5.75 Å². The topological polar surface area (TPSA) is 84.8 Å². The van der Waals surface area contributed by atoms with Crippen molar-refractivity contribution in [1.82, 2.24) is 15.2 Å². The predicted molar refractivity (Wildman–Crippen MR) is 58.0 cm³/mol. The first kappa shape index (κ1) is 12.4. The molecule has 0 bridgehead atoms. The Morgan fingerprint density at radius 1 is 1.33 bits per heavy atom. The Labute approximate surface area is 96.9 Å². The Morgan fingerprint density at radius 3 is 2.60 bits per heavy atom. The molecule has 84 valence electrons. The van der Waals surface area contributed by atoms with Gasteiger partial charge in [0, 0.05) is 12.8 Å². The highest BCUT2D eigenvalue weighted by Crippen LogP contribution is 2.15. The van der Waals surface area contributed by atoms with Crippen molar-refractivity contribution in [1.29, 1.82) is 0 Å². The fraction of sp³-hybridized carbons (Fsp3) is 0.500. The van der Waals surface area contributed by atoms with E-state index in [-0.39, 0.29) is 28.6 Å². The summed E-state index contributed by atoms with van der Waals surface area (Å²) in [6, 6.07) is 0. The highest BCUT2D eigenvalue weighted by atomic mass is 35.5. The molecule has 9 heteroatoms. The average Bonchev–Trinajstić information content (AvgIpc) is 2.09. The first-order valence-corrected chi connectivity index (χ1v) is 6.67. The summed E-state index contributed by atoms with van der Waals surface area (Å²) in [4.78, 5) is 3.75. The standard InChI is InChI=1S/C6H8Cl2N4O2S/c1-15(13,14)3-2-9-5-4(7)11-12-6(8)10-5/h2-3H2,1H3,(H,9,10,12). The van der Waals surface area contributed by atoms with Crippen molar-refractivity contribution in [3.05, 3.63) is 10.4 Å². The van der Waals surface area contributed by atoms with Crippen molar-refractivity contribution < 1.29 is 8.42 Å². The molecule has 6 nitrogen and oxygen atoms in total. The number of sulfone groups is 1. The van der Waals surface area contributed by atoms with Gasteiger partial charge in [0.1, 0.15) is 9.84 Å². The van der Waals surface area contributed by atoms with E-state index < -0.39 is 9.84 Å². The maximum atomic E-state index is 10.8. The summed E-state index contributed by atoms with van der Waals surface area (Å²) in [5.74, 6) is 0.200. The van der Waals surface area contributed by atoms with Crippen molar-refractivity contribution in [2.45, 2.75) is 0 Å². The molecule has 15 heavy (non-hydrogen) atoms. The van der Waals surface area contributed by atoms with Crippen LogP contribution in [0.15, 0.2) is 0 Å². The minimum atomic E-state index is -3.02. The van der Waals surface area contributed by atoms with E-state index in [9.17, 15) is 8.42 Å². The van der Waals surface area contributed by atoms with Crippen LogP contribution in [0.2, 0.25) is 10.4 Å². The Bertz CT molecular complexity index is 450. The zero-order valence-electron chi connectivity index (χ0n) is 7.74. The predicted octanol–water partition coefficient (Wildman–Crippen LogP) is 0.635. The Morgan fingerprint density at radius 2 is 2.00 bits per heavy atom. The molecule has 1 aromatic rings. The minimum Gasteiger partial charge on any atom is -0.366 e. The van der Waals surface area contributed by atoms with Crippen LogP contribution < -0.4 is 5.32 Å². The number of halogens is 2. The first-order chi connectivity index (χ1) is 6.88. The largest absolute Gasteiger partial charge is 0.366 e. The molecule has 0 radical (unpaired) electrons. The third kappa shape index (κ3) is 4.59. The third-order valence-corrected chi connectivity index (χ3v) is 2.75. The molecule has 1 N–H and O–H groups in total. The first-order valence-electron chi connectivity index (χ1n) is 3.86. The van der Waals surface area contributed by atoms with Gasteiger partial charge in [-0.1, -0.05) is 11.6 Å². The SMILES string of the molecule is CS(=O)(=O)CCNc1nc(Cl)nnc1Cl. The van der Waals surface area contributed by atoms with Gasteiger partial charge in [-0.05, 0) is 11.6 Å². The molecule has 0 atom stereocenters. The van der Waals surface area contributed by atoms with Crippen LogP contribution in [0.1, 0.15) is 0 Å². The number of hydrogen-bond donors (Lipinski definition) is 1. The van der Waals surface area contributed by atoms with E-state index in [1.54, 1.807) is 0 Å². The van der Waals surface area contributed by atoms with E-state index in [1.165, 1.54) is 0 Å². The van der Waals surface area contributed by atoms with Crippen LogP contribution in [0.3, 0.4) is 0 Å². The van der Waals surface area contributed by atoms with Crippen molar-refractivity contribution in [3.63, 3.8) is 0 Å². The van der Waals surface area contributed by atoms with Gasteiger partial charge in [-0.3, -0.25) is 0 Å². The molecule has 1 aromatic heterocycles. The van der Waals surface area contributed by atoms with Gasteiger partial charge in [0.25, 0.3) is 0 Å². The minimum absolute atomic E-state index is 0.0229. The van der Waals surface area contributed by atoms with Crippen LogP contribution in [-0.4, -0.2) is 42.2 Å². The lowest BCUT2D eigenvalue weighted by molar-refractivity contribution is 0.602. The second-order valence-electron chi connectivity index (χ2n) is 2.78. The lowest BCUT2D eigenvalue weighted by Gasteiger charge is -2.04. The summed E-state index contributed by atoms with van der Waals surface area (Å²) >= 11 is 11.1. The number of hydrogen-bond acceptors (Lipinski definition) is 6. The summed E-state index contributed by atoms with van der Waals surface area (Å²) in [5, 5.41) is 9.61. The van der Waals surface area contributed by atoms with Crippen molar-refractivity contribution in [2.75, 3.05) is 23.9 Å². The van der Waals surface area contributed by atoms with E-state index in [0.717, 1.165) is 6.26 Å². The maximum Gasteiger partial charge on any atom is 0.245 e. The van der Waals surface area contributed by atoms with Crippen LogP contribution in [0.4, 0.5) is 5.82 Å². The van der Waals surface area contributed by atoms with E-state index in [4.69, 9.17) is 23.2 Å². The van der Waals surface area contributed by atoms with Gasteiger partial charge in [0.2, 0.25) is 5.28 Å². The number of nitrogens with zero attached hydrogens (tertiary/aromatic N) is 3. The second kappa shape index (κ2) is 4.91. The molecule has 0 unspecified atom stereocenters. The zero-order valence-corrected chi connectivity index (χ0v) is 10.1. The average molecular weight is 271 g/mol. The molecule has 0 aliphatic heterocycles. The molecule has 0 aliphatic carbocycles. The second-order valence-corrected chi connectivity index (χ2v) is 5.73. The summed E-state index contributed by atoms with van der Waals surface area (Å²) < 4.78 is 21.7. The van der Waals surface area contributed by atoms with Gasteiger partial charge in [-0.2, -0.15) is 4.98 Å². The quantitative estimate of drug-likeness (QED) is 0.864. The normalized spacial score (nSPS) is 11.4. The van der Waals surface area contributed by atoms with Crippen molar-refractivity contribution >= 4 is 38.9 Å². The lowest BCUT2D eigenvalue weighted by atomic mass is 10.6. The highest BCUT2D eigenvalue weighted by molar-refractivity contribution is 7.90. The Hall–Kier alpha value is -0.660. The van der Waals surface area contributed by atoms with Gasteiger partial charge in [-0.15, -0.1) is 10.2 Å². The van der Waals surface area contributed by atoms with Crippen LogP contribution in [0, 0.1) is 0 Å². The maximum absolute atomic E-state index is 10.8. The smallest absolute Gasteiger partial charge is 0.245 e. The summed E-state index contributed by atoms with van der Waals surface area (Å²) in [7, 11) is -3.02. The number of nitrogens with one attached hydrogen (secondary N) is 1. The molecular weight excluding hydrogens is 263 g/mol. The molecule has 1 heterocycles. The molecule has 0 amide bonds. The molecule has 0 spiro atoms. The zero-order chi connectivity index (χ0) is 11.5. The molecule has 0 saturated heterocycles. The molecular formula is C6H8Cl2N4O2S. The summed E-state index contributed by atoms with van der Waals surface area (Å²) in [6.45, 7) is 0.188. The number of aromatic nitrogens is 3. The van der Waals surface area contributed by atoms with Gasteiger partial charge in [-0.25, -0.2) is 8.42 Å². The monoisotopic (exact) mass is 270 g/mol. The van der Waals surface area contributed by atoms with Crippen LogP contribution >= 0.6 is 23.2 Å². The lowest BCUT2D eigenvalue weighted by Crippen LogP contribution is -2.15. The van der Waals surface area contributed by atoms with Gasteiger partial charge in [0.15, 0.2) is 11.0 Å². The van der Waals surface area contributed by atoms with Gasteiger partial charge >= 0.3 is 0 Å². The molecule has 0 aromatic carbocycles. The summed E-state index contributed by atoms with van der Waals surface area (Å²) in [5.41, 5.74) is 0. The fourth-order valence-corrected chi connectivity index (χ4v) is 1.50. The van der Waals surface area contributed by atoms with E-state index in [1.807, 2.05) is 0 Å². The number of rotatable bonds is 4.